The van der Waals surface area contributed by atoms with Crippen LogP contribution in [0.2, 0.25) is 0 Å². The molecule has 1 aliphatic heterocycles. The van der Waals surface area contributed by atoms with Crippen molar-refractivity contribution < 1.29 is 22.9 Å². The van der Waals surface area contributed by atoms with Crippen LogP contribution >= 0.6 is 11.8 Å². The number of halogens is 3. The highest BCUT2D eigenvalue weighted by Gasteiger charge is 2.36. The highest BCUT2D eigenvalue weighted by atomic mass is 32.2. The third-order valence-electron chi connectivity index (χ3n) is 3.71. The van der Waals surface area contributed by atoms with E-state index in [1.165, 1.54) is 53.1 Å². The number of thioether (sulfide) groups is 1. The molecule has 1 saturated heterocycles. The molecule has 2 aromatic carbocycles. The molecule has 0 radical (unpaired) electrons. The predicted molar refractivity (Wildman–Crippen MR) is 87.2 cm³/mol. The van der Waals surface area contributed by atoms with Gasteiger partial charge in [-0.1, -0.05) is 6.07 Å². The van der Waals surface area contributed by atoms with Crippen molar-refractivity contribution in [2.24, 2.45) is 0 Å². The number of nitrogens with zero attached hydrogens (tertiary/aromatic N) is 2. The molecule has 0 aliphatic carbocycles. The van der Waals surface area contributed by atoms with Gasteiger partial charge in [0.1, 0.15) is 5.37 Å². The summed E-state index contributed by atoms with van der Waals surface area (Å²) < 4.78 is 38.8. The molecule has 1 aliphatic rings. The Hall–Kier alpha value is -2.55. The van der Waals surface area contributed by atoms with Gasteiger partial charge >= 0.3 is 6.18 Å². The fourth-order valence-electron chi connectivity index (χ4n) is 2.54. The fraction of sp³-hybridized carbons (Fsp3) is 0.188. The number of benzene rings is 2. The van der Waals surface area contributed by atoms with Crippen molar-refractivity contribution in [2.75, 3.05) is 10.7 Å². The van der Waals surface area contributed by atoms with Crippen molar-refractivity contribution >= 4 is 29.0 Å². The highest BCUT2D eigenvalue weighted by Crippen LogP contribution is 2.43. The van der Waals surface area contributed by atoms with Crippen molar-refractivity contribution in [2.45, 2.75) is 11.6 Å². The predicted octanol–water partition coefficient (Wildman–Crippen LogP) is 4.39. The number of nitro groups is 1. The first-order valence-corrected chi connectivity index (χ1v) is 8.17. The molecule has 0 spiro atoms. The third kappa shape index (κ3) is 3.46. The number of carbonyl (C=O) groups is 1. The smallest absolute Gasteiger partial charge is 0.295 e. The molecule has 2 aromatic rings. The second-order valence-electron chi connectivity index (χ2n) is 5.32. The van der Waals surface area contributed by atoms with Crippen LogP contribution in [0.5, 0.6) is 0 Å². The molecule has 1 amide bonds. The SMILES string of the molecule is O=C1CSC(c2ccc([N+](=O)[O-])cc2)N1c1cccc(C(F)(F)F)c1. The summed E-state index contributed by atoms with van der Waals surface area (Å²) in [7, 11) is 0. The normalized spacial score (nSPS) is 17.8. The van der Waals surface area contributed by atoms with Crippen molar-refractivity contribution in [3.63, 3.8) is 0 Å². The number of rotatable bonds is 3. The van der Waals surface area contributed by atoms with E-state index >= 15 is 0 Å². The molecule has 1 heterocycles. The Bertz CT molecular complexity index is 824. The standard InChI is InChI=1S/C16H11F3N2O3S/c17-16(18,19)11-2-1-3-13(8-11)20-14(22)9-25-15(20)10-4-6-12(7-5-10)21(23)24/h1-8,15H,9H2. The molecule has 0 saturated carbocycles. The second-order valence-corrected chi connectivity index (χ2v) is 6.39. The molecule has 0 N–H and O–H groups in total. The number of nitro benzene ring substituents is 1. The Balaban J connectivity index is 1.96. The topological polar surface area (TPSA) is 63.4 Å². The molecule has 0 aromatic heterocycles. The lowest BCUT2D eigenvalue weighted by molar-refractivity contribution is -0.384. The Morgan fingerprint density at radius 2 is 1.84 bits per heavy atom. The maximum Gasteiger partial charge on any atom is 0.416 e. The Kier molecular flexibility index (Phi) is 4.42. The zero-order valence-electron chi connectivity index (χ0n) is 12.6. The largest absolute Gasteiger partial charge is 0.416 e. The van der Waals surface area contributed by atoms with Gasteiger partial charge < -0.3 is 0 Å². The van der Waals surface area contributed by atoms with E-state index < -0.39 is 22.0 Å². The van der Waals surface area contributed by atoms with E-state index in [2.05, 4.69) is 0 Å². The van der Waals surface area contributed by atoms with E-state index in [0.717, 1.165) is 12.1 Å². The maximum absolute atomic E-state index is 12.9. The van der Waals surface area contributed by atoms with Crippen LogP contribution in [0.3, 0.4) is 0 Å². The molecule has 130 valence electrons. The summed E-state index contributed by atoms with van der Waals surface area (Å²) in [6, 6.07) is 10.2. The van der Waals surface area contributed by atoms with Crippen LogP contribution in [0.1, 0.15) is 16.5 Å². The number of alkyl halides is 3. The summed E-state index contributed by atoms with van der Waals surface area (Å²) in [5.41, 5.74) is -0.173. The lowest BCUT2D eigenvalue weighted by Gasteiger charge is -2.25. The van der Waals surface area contributed by atoms with Crippen LogP contribution in [-0.4, -0.2) is 16.6 Å². The van der Waals surface area contributed by atoms with Crippen LogP contribution < -0.4 is 4.90 Å². The van der Waals surface area contributed by atoms with Crippen LogP contribution in [0.4, 0.5) is 24.5 Å². The van der Waals surface area contributed by atoms with Crippen molar-refractivity contribution in [3.05, 3.63) is 69.8 Å². The molecular formula is C16H11F3N2O3S. The minimum Gasteiger partial charge on any atom is -0.295 e. The lowest BCUT2D eigenvalue weighted by atomic mass is 10.1. The summed E-state index contributed by atoms with van der Waals surface area (Å²) in [5, 5.41) is 10.2. The first-order valence-electron chi connectivity index (χ1n) is 7.12. The number of non-ortho nitro benzene ring substituents is 1. The molecule has 5 nitrogen and oxygen atoms in total. The Morgan fingerprint density at radius 1 is 1.16 bits per heavy atom. The monoisotopic (exact) mass is 368 g/mol. The van der Waals surface area contributed by atoms with Gasteiger partial charge in [0.15, 0.2) is 0 Å². The molecule has 1 unspecified atom stereocenters. The van der Waals surface area contributed by atoms with Crippen LogP contribution in [0.15, 0.2) is 48.5 Å². The molecule has 1 atom stereocenters. The van der Waals surface area contributed by atoms with E-state index in [1.54, 1.807) is 0 Å². The van der Waals surface area contributed by atoms with Gasteiger partial charge in [-0.3, -0.25) is 19.8 Å². The van der Waals surface area contributed by atoms with E-state index in [-0.39, 0.29) is 23.0 Å². The fourth-order valence-corrected chi connectivity index (χ4v) is 3.72. The molecular weight excluding hydrogens is 357 g/mol. The van der Waals surface area contributed by atoms with Gasteiger partial charge in [0.05, 0.1) is 16.2 Å². The summed E-state index contributed by atoms with van der Waals surface area (Å²) in [6.45, 7) is 0. The number of carbonyl (C=O) groups excluding carboxylic acids is 1. The first-order chi connectivity index (χ1) is 11.8. The third-order valence-corrected chi connectivity index (χ3v) is 4.92. The maximum atomic E-state index is 12.9. The number of amides is 1. The number of hydrogen-bond donors (Lipinski definition) is 0. The van der Waals surface area contributed by atoms with Gasteiger partial charge in [-0.25, -0.2) is 0 Å². The summed E-state index contributed by atoms with van der Waals surface area (Å²) >= 11 is 1.26. The Labute approximate surface area is 144 Å². The zero-order valence-corrected chi connectivity index (χ0v) is 13.4. The number of anilines is 1. The van der Waals surface area contributed by atoms with Gasteiger partial charge in [-0.2, -0.15) is 13.2 Å². The summed E-state index contributed by atoms with van der Waals surface area (Å²) in [4.78, 5) is 23.7. The second kappa shape index (κ2) is 6.40. The minimum absolute atomic E-state index is 0.0938. The average Bonchev–Trinajstić information content (AvgIpc) is 2.96. The zero-order chi connectivity index (χ0) is 18.2. The van der Waals surface area contributed by atoms with Crippen molar-refractivity contribution in [1.29, 1.82) is 0 Å². The number of hydrogen-bond acceptors (Lipinski definition) is 4. The summed E-state index contributed by atoms with van der Waals surface area (Å²) in [5.74, 6) is -0.189. The molecule has 0 bridgehead atoms. The molecule has 1 fully saturated rings. The van der Waals surface area contributed by atoms with Crippen LogP contribution in [-0.2, 0) is 11.0 Å². The van der Waals surface area contributed by atoms with E-state index in [9.17, 15) is 28.1 Å². The van der Waals surface area contributed by atoms with Crippen LogP contribution in [0, 0.1) is 10.1 Å². The average molecular weight is 368 g/mol. The van der Waals surface area contributed by atoms with E-state index in [0.29, 0.717) is 5.56 Å². The lowest BCUT2D eigenvalue weighted by Crippen LogP contribution is -2.28. The van der Waals surface area contributed by atoms with Gasteiger partial charge in [0.25, 0.3) is 5.69 Å². The van der Waals surface area contributed by atoms with Gasteiger partial charge in [-0.05, 0) is 35.9 Å². The van der Waals surface area contributed by atoms with Crippen LogP contribution in [0.25, 0.3) is 0 Å². The van der Waals surface area contributed by atoms with Gasteiger partial charge in [-0.15, -0.1) is 11.8 Å². The van der Waals surface area contributed by atoms with E-state index in [4.69, 9.17) is 0 Å². The minimum atomic E-state index is -4.51. The first kappa shape index (κ1) is 17.3. The highest BCUT2D eigenvalue weighted by molar-refractivity contribution is 8.00. The summed E-state index contributed by atoms with van der Waals surface area (Å²) in [6.07, 6.45) is -4.51. The Morgan fingerprint density at radius 3 is 2.44 bits per heavy atom. The van der Waals surface area contributed by atoms with Gasteiger partial charge in [0.2, 0.25) is 5.91 Å². The van der Waals surface area contributed by atoms with Gasteiger partial charge in [0, 0.05) is 17.8 Å². The quantitative estimate of drug-likeness (QED) is 0.595. The van der Waals surface area contributed by atoms with Crippen molar-refractivity contribution in [1.82, 2.24) is 0 Å². The van der Waals surface area contributed by atoms with Crippen molar-refractivity contribution in [3.8, 4) is 0 Å². The molecule has 3 rings (SSSR count). The molecule has 9 heteroatoms. The molecule has 25 heavy (non-hydrogen) atoms. The van der Waals surface area contributed by atoms with E-state index in [1.807, 2.05) is 0 Å².